The number of rotatable bonds is 5. The van der Waals surface area contributed by atoms with Crippen LogP contribution in [-0.4, -0.2) is 41.2 Å². The Kier molecular flexibility index (Phi) is 5.46. The smallest absolute Gasteiger partial charge is 0.338 e. The lowest BCUT2D eigenvalue weighted by atomic mass is 10.1. The highest BCUT2D eigenvalue weighted by molar-refractivity contribution is 6.33. The van der Waals surface area contributed by atoms with Gasteiger partial charge in [0.15, 0.2) is 6.61 Å². The molecule has 3 amide bonds. The largest absolute Gasteiger partial charge is 0.452 e. The lowest BCUT2D eigenvalue weighted by molar-refractivity contribution is -0.119. The quantitative estimate of drug-likeness (QED) is 0.614. The second-order valence-corrected chi connectivity index (χ2v) is 6.85. The number of anilines is 1. The average molecular weight is 401 g/mol. The van der Waals surface area contributed by atoms with E-state index in [1.54, 1.807) is 38.1 Å². The van der Waals surface area contributed by atoms with Gasteiger partial charge in [0.2, 0.25) is 0 Å². The number of imide groups is 1. The number of esters is 1. The van der Waals surface area contributed by atoms with Gasteiger partial charge in [-0.3, -0.25) is 19.3 Å². The van der Waals surface area contributed by atoms with E-state index in [1.807, 2.05) is 0 Å². The molecule has 28 heavy (non-hydrogen) atoms. The minimum absolute atomic E-state index is 0.0797. The van der Waals surface area contributed by atoms with Crippen LogP contribution < -0.4 is 5.32 Å². The molecule has 7 nitrogen and oxygen atoms in total. The Morgan fingerprint density at radius 2 is 1.75 bits per heavy atom. The van der Waals surface area contributed by atoms with E-state index in [2.05, 4.69) is 5.32 Å². The molecular formula is C20H17ClN2O5. The average Bonchev–Trinajstić information content (AvgIpc) is 2.92. The van der Waals surface area contributed by atoms with Crippen molar-refractivity contribution in [1.82, 2.24) is 4.90 Å². The van der Waals surface area contributed by atoms with Crippen LogP contribution in [0.3, 0.4) is 0 Å². The molecule has 0 saturated carbocycles. The van der Waals surface area contributed by atoms with Crippen LogP contribution in [0.5, 0.6) is 0 Å². The molecule has 3 rings (SSSR count). The number of para-hydroxylation sites is 1. The van der Waals surface area contributed by atoms with Gasteiger partial charge in [-0.1, -0.05) is 23.7 Å². The molecule has 0 bridgehead atoms. The normalized spacial score (nSPS) is 12.9. The summed E-state index contributed by atoms with van der Waals surface area (Å²) >= 11 is 5.95. The molecule has 0 radical (unpaired) electrons. The van der Waals surface area contributed by atoms with Crippen molar-refractivity contribution in [3.05, 3.63) is 64.2 Å². The van der Waals surface area contributed by atoms with Gasteiger partial charge in [-0.05, 0) is 44.2 Å². The van der Waals surface area contributed by atoms with Crippen molar-refractivity contribution in [2.24, 2.45) is 0 Å². The fourth-order valence-electron chi connectivity index (χ4n) is 2.82. The highest BCUT2D eigenvalue weighted by Crippen LogP contribution is 2.26. The Labute approximate surface area is 166 Å². The fraction of sp³-hybridized carbons (Fsp3) is 0.200. The summed E-state index contributed by atoms with van der Waals surface area (Å²) in [5.41, 5.74) is 0.872. The molecule has 2 aromatic carbocycles. The minimum atomic E-state index is -0.777. The van der Waals surface area contributed by atoms with Gasteiger partial charge < -0.3 is 10.1 Å². The molecule has 0 unspecified atom stereocenters. The number of hydrogen-bond donors (Lipinski definition) is 1. The maximum absolute atomic E-state index is 12.4. The number of nitrogens with zero attached hydrogens (tertiary/aromatic N) is 1. The van der Waals surface area contributed by atoms with Crippen molar-refractivity contribution in [2.75, 3.05) is 11.9 Å². The second kappa shape index (κ2) is 7.82. The molecule has 8 heteroatoms. The molecule has 0 fully saturated rings. The summed E-state index contributed by atoms with van der Waals surface area (Å²) in [5, 5.41) is 2.90. The van der Waals surface area contributed by atoms with Crippen molar-refractivity contribution in [3.8, 4) is 0 Å². The number of benzene rings is 2. The Morgan fingerprint density at radius 1 is 1.07 bits per heavy atom. The number of ether oxygens (including phenoxy) is 1. The van der Waals surface area contributed by atoms with Gasteiger partial charge in [-0.2, -0.15) is 0 Å². The Balaban J connectivity index is 1.66. The minimum Gasteiger partial charge on any atom is -0.452 e. The second-order valence-electron chi connectivity index (χ2n) is 6.44. The summed E-state index contributed by atoms with van der Waals surface area (Å²) < 4.78 is 4.99. The summed E-state index contributed by atoms with van der Waals surface area (Å²) in [7, 11) is 0. The first-order valence-corrected chi connectivity index (χ1v) is 8.91. The van der Waals surface area contributed by atoms with Crippen LogP contribution in [0.25, 0.3) is 0 Å². The number of carbonyl (C=O) groups excluding carboxylic acids is 4. The number of hydrogen-bond acceptors (Lipinski definition) is 5. The lowest BCUT2D eigenvalue weighted by Crippen LogP contribution is -2.35. The zero-order valence-corrected chi connectivity index (χ0v) is 15.9. The summed E-state index contributed by atoms with van der Waals surface area (Å²) in [6.45, 7) is 2.94. The van der Waals surface area contributed by atoms with Gasteiger partial charge in [-0.15, -0.1) is 0 Å². The van der Waals surface area contributed by atoms with Crippen molar-refractivity contribution in [1.29, 1.82) is 0 Å². The van der Waals surface area contributed by atoms with E-state index in [0.717, 1.165) is 4.90 Å². The predicted molar refractivity (Wildman–Crippen MR) is 102 cm³/mol. The van der Waals surface area contributed by atoms with Crippen LogP contribution >= 0.6 is 11.6 Å². The zero-order valence-electron chi connectivity index (χ0n) is 15.2. The van der Waals surface area contributed by atoms with Crippen LogP contribution in [0.4, 0.5) is 5.69 Å². The molecule has 0 aromatic heterocycles. The van der Waals surface area contributed by atoms with E-state index in [1.165, 1.54) is 18.2 Å². The van der Waals surface area contributed by atoms with Gasteiger partial charge in [0.25, 0.3) is 17.7 Å². The van der Waals surface area contributed by atoms with Crippen molar-refractivity contribution in [3.63, 3.8) is 0 Å². The molecule has 0 saturated heterocycles. The van der Waals surface area contributed by atoms with E-state index in [4.69, 9.17) is 16.3 Å². The third-order valence-electron chi connectivity index (χ3n) is 4.15. The summed E-state index contributed by atoms with van der Waals surface area (Å²) in [6, 6.07) is 10.5. The first kappa shape index (κ1) is 19.6. The topological polar surface area (TPSA) is 92.8 Å². The van der Waals surface area contributed by atoms with E-state index >= 15 is 0 Å². The predicted octanol–water partition coefficient (Wildman–Crippen LogP) is 3.14. The Bertz CT molecular complexity index is 986. The first-order chi connectivity index (χ1) is 13.3. The fourth-order valence-corrected chi connectivity index (χ4v) is 3.00. The van der Waals surface area contributed by atoms with E-state index in [0.29, 0.717) is 10.7 Å². The summed E-state index contributed by atoms with van der Waals surface area (Å²) in [5.74, 6) is -2.18. The van der Waals surface area contributed by atoms with Gasteiger partial charge in [0.1, 0.15) is 0 Å². The van der Waals surface area contributed by atoms with Gasteiger partial charge >= 0.3 is 5.97 Å². The third-order valence-corrected chi connectivity index (χ3v) is 4.48. The SMILES string of the molecule is CC(C)N1C(=O)c2ccc(C(=O)OCC(=O)Nc3ccccc3Cl)cc2C1=O. The van der Waals surface area contributed by atoms with Crippen LogP contribution in [0, 0.1) is 0 Å². The monoisotopic (exact) mass is 400 g/mol. The van der Waals surface area contributed by atoms with Crippen molar-refractivity contribution >= 4 is 41.0 Å². The number of fused-ring (bicyclic) bond motifs is 1. The van der Waals surface area contributed by atoms with Crippen LogP contribution in [0.1, 0.15) is 44.9 Å². The molecular weight excluding hydrogens is 384 g/mol. The summed E-state index contributed by atoms with van der Waals surface area (Å²) in [6.07, 6.45) is 0. The Hall–Kier alpha value is -3.19. The lowest BCUT2D eigenvalue weighted by Gasteiger charge is -2.17. The standard InChI is InChI=1S/C20H17ClN2O5/c1-11(2)23-18(25)13-8-7-12(9-14(13)19(23)26)20(27)28-10-17(24)22-16-6-4-3-5-15(16)21/h3-9,11H,10H2,1-2H3,(H,22,24). The van der Waals surface area contributed by atoms with E-state index < -0.39 is 30.3 Å². The summed E-state index contributed by atoms with van der Waals surface area (Å²) in [4.78, 5) is 50.0. The molecule has 144 valence electrons. The molecule has 1 aliphatic heterocycles. The highest BCUT2D eigenvalue weighted by atomic mass is 35.5. The molecule has 1 aliphatic rings. The van der Waals surface area contributed by atoms with Crippen molar-refractivity contribution < 1.29 is 23.9 Å². The van der Waals surface area contributed by atoms with E-state index in [-0.39, 0.29) is 22.7 Å². The maximum Gasteiger partial charge on any atom is 0.338 e. The molecule has 0 spiro atoms. The molecule has 0 aliphatic carbocycles. The number of amides is 3. The highest BCUT2D eigenvalue weighted by Gasteiger charge is 2.37. The first-order valence-electron chi connectivity index (χ1n) is 8.53. The molecule has 1 heterocycles. The molecule has 1 N–H and O–H groups in total. The van der Waals surface area contributed by atoms with Crippen LogP contribution in [0.2, 0.25) is 5.02 Å². The molecule has 0 atom stereocenters. The maximum atomic E-state index is 12.4. The van der Waals surface area contributed by atoms with Crippen molar-refractivity contribution in [2.45, 2.75) is 19.9 Å². The van der Waals surface area contributed by atoms with Gasteiger partial charge in [0.05, 0.1) is 27.4 Å². The number of nitrogens with one attached hydrogen (secondary N) is 1. The third kappa shape index (κ3) is 3.75. The van der Waals surface area contributed by atoms with Crippen LogP contribution in [-0.2, 0) is 9.53 Å². The Morgan fingerprint density at radius 3 is 2.43 bits per heavy atom. The zero-order chi connectivity index (χ0) is 20.4. The molecule has 2 aromatic rings. The van der Waals surface area contributed by atoms with Gasteiger partial charge in [0, 0.05) is 6.04 Å². The number of halogens is 1. The van der Waals surface area contributed by atoms with E-state index in [9.17, 15) is 19.2 Å². The van der Waals surface area contributed by atoms with Gasteiger partial charge in [-0.25, -0.2) is 4.79 Å². The van der Waals surface area contributed by atoms with Crippen LogP contribution in [0.15, 0.2) is 42.5 Å². The number of carbonyl (C=O) groups is 4.